The molecule has 0 amide bonds. The van der Waals surface area contributed by atoms with Gasteiger partial charge < -0.3 is 0 Å². The molecular weight excluding hydrogens is 218 g/mol. The number of hydrogen-bond donors (Lipinski definition) is 0. The second-order valence-electron chi connectivity index (χ2n) is 4.44. The van der Waals surface area contributed by atoms with Gasteiger partial charge in [0.1, 0.15) is 0 Å². The van der Waals surface area contributed by atoms with Crippen molar-refractivity contribution in [3.63, 3.8) is 0 Å². The number of aromatic nitrogens is 1. The lowest BCUT2D eigenvalue weighted by Gasteiger charge is -2.06. The fourth-order valence-corrected chi connectivity index (χ4v) is 2.54. The Labute approximate surface area is 105 Å². The van der Waals surface area contributed by atoms with E-state index in [-0.39, 0.29) is 0 Å². The minimum Gasteiger partial charge on any atom is -0.256 e. The molecule has 83 valence electrons. The standard InChI is InChI=1S/C17H10N/c1-3-7-14-12(5-1)9-10-16-17(14)15-8-4-2-6-13(15)11-18-16/h1-8,10-11H. The summed E-state index contributed by atoms with van der Waals surface area (Å²) in [6.45, 7) is 0. The van der Waals surface area contributed by atoms with Crippen molar-refractivity contribution in [1.82, 2.24) is 4.98 Å². The molecule has 0 atom stereocenters. The van der Waals surface area contributed by atoms with Crippen LogP contribution in [0.25, 0.3) is 32.4 Å². The molecule has 0 spiro atoms. The van der Waals surface area contributed by atoms with Gasteiger partial charge in [-0.2, -0.15) is 0 Å². The van der Waals surface area contributed by atoms with Crippen LogP contribution < -0.4 is 0 Å². The predicted octanol–water partition coefficient (Wildman–Crippen LogP) is 4.34. The zero-order chi connectivity index (χ0) is 11.9. The average Bonchev–Trinajstić information content (AvgIpc) is 2.46. The lowest BCUT2D eigenvalue weighted by atomic mass is 10.0. The summed E-state index contributed by atoms with van der Waals surface area (Å²) in [5.41, 5.74) is 1.01. The molecule has 1 radical (unpaired) electrons. The number of fused-ring (bicyclic) bond motifs is 5. The summed E-state index contributed by atoms with van der Waals surface area (Å²) in [6.07, 6.45) is 1.93. The summed E-state index contributed by atoms with van der Waals surface area (Å²) in [5, 5.41) is 6.03. The molecule has 1 heteroatoms. The molecule has 0 aliphatic heterocycles. The first-order chi connectivity index (χ1) is 8.93. The van der Waals surface area contributed by atoms with Crippen LogP contribution in [0, 0.1) is 6.07 Å². The van der Waals surface area contributed by atoms with Gasteiger partial charge in [-0.25, -0.2) is 0 Å². The molecule has 18 heavy (non-hydrogen) atoms. The maximum Gasteiger partial charge on any atom is 0.0721 e. The van der Waals surface area contributed by atoms with Gasteiger partial charge in [0.25, 0.3) is 0 Å². The molecule has 0 saturated heterocycles. The van der Waals surface area contributed by atoms with Gasteiger partial charge in [-0.3, -0.25) is 4.98 Å². The SMILES string of the molecule is [c]1cc2ncc3ccccc3c2c2ccccc12. The van der Waals surface area contributed by atoms with Crippen molar-refractivity contribution in [2.24, 2.45) is 0 Å². The maximum atomic E-state index is 4.53. The van der Waals surface area contributed by atoms with E-state index in [9.17, 15) is 0 Å². The van der Waals surface area contributed by atoms with E-state index in [0.29, 0.717) is 0 Å². The fourth-order valence-electron chi connectivity index (χ4n) is 2.54. The maximum absolute atomic E-state index is 4.53. The highest BCUT2D eigenvalue weighted by atomic mass is 14.6. The summed E-state index contributed by atoms with van der Waals surface area (Å²) in [4.78, 5) is 4.53. The Morgan fingerprint density at radius 3 is 2.56 bits per heavy atom. The molecule has 1 aromatic heterocycles. The van der Waals surface area contributed by atoms with Gasteiger partial charge in [0, 0.05) is 17.0 Å². The van der Waals surface area contributed by atoms with Gasteiger partial charge >= 0.3 is 0 Å². The van der Waals surface area contributed by atoms with Crippen molar-refractivity contribution in [2.75, 3.05) is 0 Å². The Hall–Kier alpha value is -2.41. The fraction of sp³-hybridized carbons (Fsp3) is 0. The molecule has 0 bridgehead atoms. The zero-order valence-electron chi connectivity index (χ0n) is 9.72. The Morgan fingerprint density at radius 1 is 0.833 bits per heavy atom. The normalized spacial score (nSPS) is 11.3. The summed E-state index contributed by atoms with van der Waals surface area (Å²) < 4.78 is 0. The molecule has 0 aliphatic carbocycles. The number of pyridine rings is 1. The summed E-state index contributed by atoms with van der Waals surface area (Å²) in [7, 11) is 0. The molecule has 4 rings (SSSR count). The largest absolute Gasteiger partial charge is 0.256 e. The van der Waals surface area contributed by atoms with Crippen LogP contribution in [0.2, 0.25) is 0 Å². The van der Waals surface area contributed by atoms with E-state index in [1.807, 2.05) is 24.4 Å². The van der Waals surface area contributed by atoms with Gasteiger partial charge in [-0.15, -0.1) is 0 Å². The Kier molecular flexibility index (Phi) is 1.89. The lowest BCUT2D eigenvalue weighted by molar-refractivity contribution is 1.45. The molecule has 0 fully saturated rings. The number of hydrogen-bond acceptors (Lipinski definition) is 1. The van der Waals surface area contributed by atoms with E-state index in [0.717, 1.165) is 10.9 Å². The predicted molar refractivity (Wildman–Crippen MR) is 75.6 cm³/mol. The molecule has 1 heterocycles. The third kappa shape index (κ3) is 1.25. The summed E-state index contributed by atoms with van der Waals surface area (Å²) >= 11 is 0. The van der Waals surface area contributed by atoms with Crippen LogP contribution in [-0.2, 0) is 0 Å². The highest BCUT2D eigenvalue weighted by Crippen LogP contribution is 2.29. The molecule has 4 aromatic rings. The van der Waals surface area contributed by atoms with E-state index in [1.54, 1.807) is 0 Å². The van der Waals surface area contributed by atoms with E-state index in [1.165, 1.54) is 21.5 Å². The minimum atomic E-state index is 1.01. The molecule has 1 nitrogen and oxygen atoms in total. The minimum absolute atomic E-state index is 1.01. The smallest absolute Gasteiger partial charge is 0.0721 e. The van der Waals surface area contributed by atoms with Crippen LogP contribution in [0.3, 0.4) is 0 Å². The van der Waals surface area contributed by atoms with Crippen LogP contribution in [0.5, 0.6) is 0 Å². The molecular formula is C17H10N. The van der Waals surface area contributed by atoms with Crippen LogP contribution in [0.1, 0.15) is 0 Å². The van der Waals surface area contributed by atoms with Gasteiger partial charge in [-0.05, 0) is 28.3 Å². The monoisotopic (exact) mass is 228 g/mol. The third-order valence-corrected chi connectivity index (χ3v) is 3.39. The molecule has 0 N–H and O–H groups in total. The van der Waals surface area contributed by atoms with Crippen molar-refractivity contribution in [3.05, 3.63) is 66.9 Å². The first-order valence-electron chi connectivity index (χ1n) is 6.00. The third-order valence-electron chi connectivity index (χ3n) is 3.39. The lowest BCUT2D eigenvalue weighted by Crippen LogP contribution is -1.84. The van der Waals surface area contributed by atoms with Gasteiger partial charge in [0.2, 0.25) is 0 Å². The quantitative estimate of drug-likeness (QED) is 0.408. The Morgan fingerprint density at radius 2 is 1.61 bits per heavy atom. The number of nitrogens with zero attached hydrogens (tertiary/aromatic N) is 1. The van der Waals surface area contributed by atoms with Crippen molar-refractivity contribution in [2.45, 2.75) is 0 Å². The van der Waals surface area contributed by atoms with E-state index >= 15 is 0 Å². The zero-order valence-corrected chi connectivity index (χ0v) is 9.72. The molecule has 0 unspecified atom stereocenters. The second kappa shape index (κ2) is 3.54. The van der Waals surface area contributed by atoms with E-state index < -0.39 is 0 Å². The Bertz CT molecular complexity index is 807. The van der Waals surface area contributed by atoms with Crippen molar-refractivity contribution in [1.29, 1.82) is 0 Å². The molecule has 0 aliphatic rings. The van der Waals surface area contributed by atoms with E-state index in [2.05, 4.69) is 47.4 Å². The highest BCUT2D eigenvalue weighted by molar-refractivity contribution is 6.18. The first kappa shape index (κ1) is 9.60. The van der Waals surface area contributed by atoms with Crippen LogP contribution in [-0.4, -0.2) is 4.98 Å². The van der Waals surface area contributed by atoms with Gasteiger partial charge in [-0.1, -0.05) is 48.5 Å². The highest BCUT2D eigenvalue weighted by Gasteiger charge is 2.05. The van der Waals surface area contributed by atoms with Crippen molar-refractivity contribution >= 4 is 32.4 Å². The van der Waals surface area contributed by atoms with E-state index in [4.69, 9.17) is 0 Å². The number of rotatable bonds is 0. The van der Waals surface area contributed by atoms with Crippen molar-refractivity contribution in [3.8, 4) is 0 Å². The van der Waals surface area contributed by atoms with Crippen molar-refractivity contribution < 1.29 is 0 Å². The van der Waals surface area contributed by atoms with Crippen LogP contribution in [0.4, 0.5) is 0 Å². The Balaban J connectivity index is 2.38. The number of benzene rings is 3. The topological polar surface area (TPSA) is 12.9 Å². The molecule has 0 saturated carbocycles. The van der Waals surface area contributed by atoms with Gasteiger partial charge in [0.05, 0.1) is 5.52 Å². The van der Waals surface area contributed by atoms with Gasteiger partial charge in [0.15, 0.2) is 0 Å². The second-order valence-corrected chi connectivity index (χ2v) is 4.44. The summed E-state index contributed by atoms with van der Waals surface area (Å²) in [5.74, 6) is 0. The first-order valence-corrected chi connectivity index (χ1v) is 6.00. The summed E-state index contributed by atoms with van der Waals surface area (Å²) in [6, 6.07) is 22.0. The molecule has 3 aromatic carbocycles. The van der Waals surface area contributed by atoms with Crippen LogP contribution in [0.15, 0.2) is 60.8 Å². The van der Waals surface area contributed by atoms with Crippen LogP contribution >= 0.6 is 0 Å². The average molecular weight is 228 g/mol.